The Morgan fingerprint density at radius 1 is 1.35 bits per heavy atom. The Kier molecular flexibility index (Phi) is 2.93. The van der Waals surface area contributed by atoms with Gasteiger partial charge in [-0.3, -0.25) is 0 Å². The molecule has 0 unspecified atom stereocenters. The van der Waals surface area contributed by atoms with E-state index in [1.807, 2.05) is 37.3 Å². The van der Waals surface area contributed by atoms with Crippen LogP contribution in [0, 0.1) is 18.3 Å². The molecule has 0 spiro atoms. The zero-order valence-corrected chi connectivity index (χ0v) is 9.44. The lowest BCUT2D eigenvalue weighted by Gasteiger charge is -2.10. The average Bonchev–Trinajstić information content (AvgIpc) is 2.34. The number of hydrogen-bond acceptors (Lipinski definition) is 4. The van der Waals surface area contributed by atoms with Crippen molar-refractivity contribution < 1.29 is 0 Å². The first-order chi connectivity index (χ1) is 8.20. The van der Waals surface area contributed by atoms with Gasteiger partial charge in [0.1, 0.15) is 6.07 Å². The number of nitrogen functional groups attached to an aromatic ring is 1. The molecule has 0 saturated carbocycles. The summed E-state index contributed by atoms with van der Waals surface area (Å²) in [7, 11) is 0. The Labute approximate surface area is 99.7 Å². The third-order valence-electron chi connectivity index (χ3n) is 2.44. The van der Waals surface area contributed by atoms with Crippen LogP contribution in [0.5, 0.6) is 0 Å². The van der Waals surface area contributed by atoms with Gasteiger partial charge in [0.2, 0.25) is 0 Å². The molecule has 0 aliphatic carbocycles. The molecule has 0 aliphatic heterocycles. The molecule has 2 aromatic rings. The van der Waals surface area contributed by atoms with Crippen molar-refractivity contribution in [3.63, 3.8) is 0 Å². The minimum Gasteiger partial charge on any atom is -0.396 e. The molecule has 0 aliphatic rings. The van der Waals surface area contributed by atoms with Crippen molar-refractivity contribution in [3.05, 3.63) is 47.7 Å². The fourth-order valence-electron chi connectivity index (χ4n) is 1.49. The largest absolute Gasteiger partial charge is 0.396 e. The first-order valence-electron chi connectivity index (χ1n) is 5.19. The number of nitriles is 1. The molecular formula is C13H12N4. The SMILES string of the molecule is Cc1ccccc1Nc1ncc(C#N)cc1N. The Hall–Kier alpha value is -2.54. The summed E-state index contributed by atoms with van der Waals surface area (Å²) in [4.78, 5) is 4.13. The van der Waals surface area contributed by atoms with Gasteiger partial charge in [-0.05, 0) is 24.6 Å². The minimum atomic E-state index is 0.456. The van der Waals surface area contributed by atoms with E-state index in [2.05, 4.69) is 10.3 Å². The molecular weight excluding hydrogens is 212 g/mol. The number of anilines is 3. The number of nitrogens with zero attached hydrogens (tertiary/aromatic N) is 2. The number of benzene rings is 1. The Balaban J connectivity index is 2.32. The van der Waals surface area contributed by atoms with Crippen LogP contribution in [-0.2, 0) is 0 Å². The van der Waals surface area contributed by atoms with Gasteiger partial charge >= 0.3 is 0 Å². The van der Waals surface area contributed by atoms with Gasteiger partial charge in [-0.15, -0.1) is 0 Å². The van der Waals surface area contributed by atoms with Gasteiger partial charge in [0.25, 0.3) is 0 Å². The number of nitrogens with one attached hydrogen (secondary N) is 1. The molecule has 0 radical (unpaired) electrons. The van der Waals surface area contributed by atoms with E-state index < -0.39 is 0 Å². The van der Waals surface area contributed by atoms with E-state index >= 15 is 0 Å². The van der Waals surface area contributed by atoms with E-state index in [0.29, 0.717) is 17.1 Å². The monoisotopic (exact) mass is 224 g/mol. The number of aromatic nitrogens is 1. The van der Waals surface area contributed by atoms with Crippen molar-refractivity contribution in [1.29, 1.82) is 5.26 Å². The quantitative estimate of drug-likeness (QED) is 0.822. The summed E-state index contributed by atoms with van der Waals surface area (Å²) in [5.74, 6) is 0.568. The fourth-order valence-corrected chi connectivity index (χ4v) is 1.49. The van der Waals surface area contributed by atoms with Gasteiger partial charge in [-0.25, -0.2) is 4.98 Å². The molecule has 3 N–H and O–H groups in total. The summed E-state index contributed by atoms with van der Waals surface area (Å²) in [6, 6.07) is 11.5. The summed E-state index contributed by atoms with van der Waals surface area (Å²) in [5, 5.41) is 11.9. The molecule has 84 valence electrons. The molecule has 0 amide bonds. The number of para-hydroxylation sites is 1. The Morgan fingerprint density at radius 3 is 2.76 bits per heavy atom. The number of rotatable bonds is 2. The van der Waals surface area contributed by atoms with Gasteiger partial charge in [-0.2, -0.15) is 5.26 Å². The molecule has 17 heavy (non-hydrogen) atoms. The zero-order valence-electron chi connectivity index (χ0n) is 9.44. The highest BCUT2D eigenvalue weighted by molar-refractivity contribution is 5.71. The summed E-state index contributed by atoms with van der Waals surface area (Å²) in [6.07, 6.45) is 1.50. The van der Waals surface area contributed by atoms with Crippen molar-refractivity contribution in [2.45, 2.75) is 6.92 Å². The lowest BCUT2D eigenvalue weighted by molar-refractivity contribution is 1.28. The highest BCUT2D eigenvalue weighted by Gasteiger charge is 2.04. The maximum Gasteiger partial charge on any atom is 0.153 e. The first kappa shape index (κ1) is 11.0. The van der Waals surface area contributed by atoms with E-state index in [1.54, 1.807) is 6.07 Å². The third kappa shape index (κ3) is 2.34. The lowest BCUT2D eigenvalue weighted by atomic mass is 10.2. The Morgan fingerprint density at radius 2 is 2.12 bits per heavy atom. The van der Waals surface area contributed by atoms with E-state index in [-0.39, 0.29) is 0 Å². The zero-order chi connectivity index (χ0) is 12.3. The topological polar surface area (TPSA) is 74.7 Å². The van der Waals surface area contributed by atoms with Crippen molar-refractivity contribution in [2.75, 3.05) is 11.1 Å². The second kappa shape index (κ2) is 4.54. The van der Waals surface area contributed by atoms with Gasteiger partial charge in [0.15, 0.2) is 5.82 Å². The van der Waals surface area contributed by atoms with Crippen LogP contribution < -0.4 is 11.1 Å². The van der Waals surface area contributed by atoms with Crippen molar-refractivity contribution in [3.8, 4) is 6.07 Å². The van der Waals surface area contributed by atoms with Crippen molar-refractivity contribution in [2.24, 2.45) is 0 Å². The number of nitrogens with two attached hydrogens (primary N) is 1. The number of hydrogen-bond donors (Lipinski definition) is 2. The van der Waals surface area contributed by atoms with Crippen LogP contribution in [-0.4, -0.2) is 4.98 Å². The normalized spacial score (nSPS) is 9.65. The second-order valence-electron chi connectivity index (χ2n) is 3.71. The van der Waals surface area contributed by atoms with Crippen LogP contribution in [0.25, 0.3) is 0 Å². The van der Waals surface area contributed by atoms with E-state index in [4.69, 9.17) is 11.0 Å². The van der Waals surface area contributed by atoms with Crippen molar-refractivity contribution >= 4 is 17.2 Å². The maximum absolute atomic E-state index is 8.72. The smallest absolute Gasteiger partial charge is 0.153 e. The highest BCUT2D eigenvalue weighted by Crippen LogP contribution is 2.23. The van der Waals surface area contributed by atoms with E-state index in [1.165, 1.54) is 6.20 Å². The summed E-state index contributed by atoms with van der Waals surface area (Å²) < 4.78 is 0. The van der Waals surface area contributed by atoms with Gasteiger partial charge in [0.05, 0.1) is 11.3 Å². The summed E-state index contributed by atoms with van der Waals surface area (Å²) in [6.45, 7) is 2.00. The standard InChI is InChI=1S/C13H12N4/c1-9-4-2-3-5-12(9)17-13-11(15)6-10(7-14)8-16-13/h2-6,8H,15H2,1H3,(H,16,17). The maximum atomic E-state index is 8.72. The van der Waals surface area contributed by atoms with E-state index in [9.17, 15) is 0 Å². The van der Waals surface area contributed by atoms with Crippen LogP contribution >= 0.6 is 0 Å². The molecule has 0 saturated heterocycles. The van der Waals surface area contributed by atoms with Crippen LogP contribution in [0.4, 0.5) is 17.2 Å². The Bertz CT molecular complexity index is 584. The molecule has 4 nitrogen and oxygen atoms in total. The van der Waals surface area contributed by atoms with Crippen LogP contribution in [0.2, 0.25) is 0 Å². The predicted molar refractivity (Wildman–Crippen MR) is 67.8 cm³/mol. The van der Waals surface area contributed by atoms with Crippen LogP contribution in [0.1, 0.15) is 11.1 Å². The fraction of sp³-hybridized carbons (Fsp3) is 0.0769. The second-order valence-corrected chi connectivity index (χ2v) is 3.71. The summed E-state index contributed by atoms with van der Waals surface area (Å²) >= 11 is 0. The lowest BCUT2D eigenvalue weighted by Crippen LogP contribution is -2.00. The predicted octanol–water partition coefficient (Wildman–Crippen LogP) is 2.59. The van der Waals surface area contributed by atoms with E-state index in [0.717, 1.165) is 11.3 Å². The molecule has 0 fully saturated rings. The molecule has 2 rings (SSSR count). The van der Waals surface area contributed by atoms with Crippen LogP contribution in [0.15, 0.2) is 36.5 Å². The molecule has 0 atom stereocenters. The molecule has 4 heteroatoms. The summed E-state index contributed by atoms with van der Waals surface area (Å²) in [5.41, 5.74) is 8.80. The molecule has 1 aromatic heterocycles. The van der Waals surface area contributed by atoms with Crippen molar-refractivity contribution in [1.82, 2.24) is 4.98 Å². The van der Waals surface area contributed by atoms with Gasteiger partial charge < -0.3 is 11.1 Å². The molecule has 1 heterocycles. The molecule has 1 aromatic carbocycles. The van der Waals surface area contributed by atoms with Gasteiger partial charge in [-0.1, -0.05) is 18.2 Å². The minimum absolute atomic E-state index is 0.456. The first-order valence-corrected chi connectivity index (χ1v) is 5.19. The number of pyridine rings is 1. The van der Waals surface area contributed by atoms with Gasteiger partial charge in [0, 0.05) is 11.9 Å². The molecule has 0 bridgehead atoms. The third-order valence-corrected chi connectivity index (χ3v) is 2.44. The van der Waals surface area contributed by atoms with Crippen LogP contribution in [0.3, 0.4) is 0 Å². The average molecular weight is 224 g/mol. The number of aryl methyl sites for hydroxylation is 1. The highest BCUT2D eigenvalue weighted by atomic mass is 15.0.